The molecule has 1 amide bonds. The lowest BCUT2D eigenvalue weighted by molar-refractivity contribution is -0.170. The number of rotatable bonds is 1. The molecule has 0 aliphatic carbocycles. The van der Waals surface area contributed by atoms with Crippen molar-refractivity contribution >= 4 is 11.7 Å². The first-order chi connectivity index (χ1) is 7.53. The van der Waals surface area contributed by atoms with Crippen LogP contribution in [0.3, 0.4) is 0 Å². The van der Waals surface area contributed by atoms with Crippen LogP contribution in [0.5, 0.6) is 0 Å². The van der Waals surface area contributed by atoms with Gasteiger partial charge in [0.2, 0.25) is 5.76 Å². The van der Waals surface area contributed by atoms with E-state index in [1.165, 1.54) is 0 Å². The third kappa shape index (κ3) is 2.88. The fraction of sp³-hybridized carbons (Fsp3) is 0.429. The van der Waals surface area contributed by atoms with Crippen molar-refractivity contribution in [2.45, 2.75) is 12.4 Å². The van der Waals surface area contributed by atoms with Gasteiger partial charge in [0.05, 0.1) is 0 Å². The van der Waals surface area contributed by atoms with E-state index in [2.05, 4.69) is 9.68 Å². The van der Waals surface area contributed by atoms with E-state index in [1.807, 2.05) is 0 Å². The van der Waals surface area contributed by atoms with E-state index >= 15 is 0 Å². The highest BCUT2D eigenvalue weighted by molar-refractivity contribution is 5.95. The summed E-state index contributed by atoms with van der Waals surface area (Å²) < 4.78 is 75.8. The second kappa shape index (κ2) is 3.93. The van der Waals surface area contributed by atoms with Gasteiger partial charge in [-0.05, 0) is 0 Å². The van der Waals surface area contributed by atoms with Gasteiger partial charge in [0, 0.05) is 13.1 Å². The Morgan fingerprint density at radius 3 is 2.18 bits per heavy atom. The minimum Gasteiger partial charge on any atom is -0.349 e. The highest BCUT2D eigenvalue weighted by atomic mass is 19.4. The molecular weight excluding hydrogens is 258 g/mol. The minimum absolute atomic E-state index is 0.0846. The van der Waals surface area contributed by atoms with Crippen molar-refractivity contribution in [1.29, 1.82) is 0 Å². The van der Waals surface area contributed by atoms with E-state index in [0.29, 0.717) is 7.05 Å². The molecule has 17 heavy (non-hydrogen) atoms. The summed E-state index contributed by atoms with van der Waals surface area (Å²) in [6, 6.07) is 0.198. The van der Waals surface area contributed by atoms with Crippen LogP contribution in [0.15, 0.2) is 10.6 Å². The normalized spacial score (nSPS) is 12.6. The number of hydrogen-bond acceptors (Lipinski definition) is 3. The number of carbonyl (C=O) groups excluding carboxylic acids is 1. The molecule has 0 atom stereocenters. The molecule has 1 rings (SSSR count). The topological polar surface area (TPSA) is 46.3 Å². The molecule has 0 N–H and O–H groups in total. The third-order valence-corrected chi connectivity index (χ3v) is 1.67. The lowest BCUT2D eigenvalue weighted by atomic mass is 10.4. The maximum Gasteiger partial charge on any atom is 0.471 e. The molecule has 0 saturated carbocycles. The molecule has 1 aromatic rings. The van der Waals surface area contributed by atoms with Crippen molar-refractivity contribution in [3.05, 3.63) is 11.8 Å². The Balaban J connectivity index is 2.95. The molecule has 1 heterocycles. The summed E-state index contributed by atoms with van der Waals surface area (Å²) in [5.74, 6) is -4.81. The summed E-state index contributed by atoms with van der Waals surface area (Å²) in [6.07, 6.45) is -10.1. The summed E-state index contributed by atoms with van der Waals surface area (Å²) in [4.78, 5) is 10.6. The van der Waals surface area contributed by atoms with Crippen LogP contribution in [0.4, 0.5) is 32.2 Å². The largest absolute Gasteiger partial charge is 0.471 e. The van der Waals surface area contributed by atoms with Gasteiger partial charge in [-0.25, -0.2) is 0 Å². The van der Waals surface area contributed by atoms with Gasteiger partial charge in [-0.2, -0.15) is 26.3 Å². The van der Waals surface area contributed by atoms with Gasteiger partial charge in [0.15, 0.2) is 5.82 Å². The zero-order valence-corrected chi connectivity index (χ0v) is 8.06. The predicted molar refractivity (Wildman–Crippen MR) is 41.0 cm³/mol. The van der Waals surface area contributed by atoms with Crippen molar-refractivity contribution < 1.29 is 35.7 Å². The molecule has 0 radical (unpaired) electrons. The average molecular weight is 262 g/mol. The Labute approximate surface area is 89.8 Å². The van der Waals surface area contributed by atoms with Crippen LogP contribution in [0.1, 0.15) is 5.76 Å². The first-order valence-corrected chi connectivity index (χ1v) is 3.92. The highest BCUT2D eigenvalue weighted by Gasteiger charge is 2.43. The third-order valence-electron chi connectivity index (χ3n) is 1.67. The lowest BCUT2D eigenvalue weighted by Crippen LogP contribution is -2.38. The van der Waals surface area contributed by atoms with Crippen molar-refractivity contribution in [2.75, 3.05) is 11.9 Å². The Morgan fingerprint density at radius 1 is 1.29 bits per heavy atom. The molecule has 0 saturated heterocycles. The number of amides is 1. The molecule has 0 aliphatic heterocycles. The Bertz CT molecular complexity index is 421. The maximum atomic E-state index is 12.0. The summed E-state index contributed by atoms with van der Waals surface area (Å²) in [6.45, 7) is 0. The van der Waals surface area contributed by atoms with Crippen LogP contribution in [0, 0.1) is 0 Å². The van der Waals surface area contributed by atoms with E-state index < -0.39 is 29.8 Å². The van der Waals surface area contributed by atoms with Gasteiger partial charge in [-0.3, -0.25) is 9.69 Å². The van der Waals surface area contributed by atoms with Gasteiger partial charge in [0.1, 0.15) is 0 Å². The number of halogens is 6. The zero-order chi connectivity index (χ0) is 13.4. The van der Waals surface area contributed by atoms with Gasteiger partial charge in [-0.15, -0.1) is 0 Å². The minimum atomic E-state index is -5.20. The number of nitrogens with zero attached hydrogens (tertiary/aromatic N) is 2. The first-order valence-electron chi connectivity index (χ1n) is 3.92. The SMILES string of the molecule is CN(C(=O)C(F)(F)F)c1cc(C(F)(F)F)on1. The predicted octanol–water partition coefficient (Wildman–Crippen LogP) is 2.22. The Hall–Kier alpha value is -1.74. The van der Waals surface area contributed by atoms with E-state index in [0.717, 1.165) is 0 Å². The summed E-state index contributed by atoms with van der Waals surface area (Å²) in [5.41, 5.74) is 0. The van der Waals surface area contributed by atoms with Gasteiger partial charge in [0.25, 0.3) is 0 Å². The van der Waals surface area contributed by atoms with Gasteiger partial charge in [-0.1, -0.05) is 5.16 Å². The van der Waals surface area contributed by atoms with Gasteiger partial charge >= 0.3 is 18.3 Å². The smallest absolute Gasteiger partial charge is 0.349 e. The summed E-state index contributed by atoms with van der Waals surface area (Å²) >= 11 is 0. The Kier molecular flexibility index (Phi) is 3.08. The number of alkyl halides is 6. The molecule has 0 aromatic carbocycles. The quantitative estimate of drug-likeness (QED) is 0.729. The van der Waals surface area contributed by atoms with E-state index in [9.17, 15) is 31.1 Å². The standard InChI is InChI=1S/C7H4F6N2O2/c1-15(5(16)7(11,12)13)4-2-3(17-14-4)6(8,9)10/h2H,1H3. The van der Waals surface area contributed by atoms with E-state index in [-0.39, 0.29) is 11.0 Å². The number of aromatic nitrogens is 1. The molecule has 0 spiro atoms. The van der Waals surface area contributed by atoms with Crippen molar-refractivity contribution in [1.82, 2.24) is 5.16 Å². The first kappa shape index (κ1) is 13.3. The van der Waals surface area contributed by atoms with Crippen molar-refractivity contribution in [2.24, 2.45) is 0 Å². The van der Waals surface area contributed by atoms with Crippen LogP contribution in [0.2, 0.25) is 0 Å². The molecule has 0 aliphatic rings. The lowest BCUT2D eigenvalue weighted by Gasteiger charge is -2.14. The van der Waals surface area contributed by atoms with Crippen LogP contribution in [-0.4, -0.2) is 24.3 Å². The van der Waals surface area contributed by atoms with E-state index in [1.54, 1.807) is 0 Å². The van der Waals surface area contributed by atoms with Crippen molar-refractivity contribution in [3.8, 4) is 0 Å². The second-order valence-corrected chi connectivity index (χ2v) is 2.91. The molecule has 0 fully saturated rings. The monoisotopic (exact) mass is 262 g/mol. The highest BCUT2D eigenvalue weighted by Crippen LogP contribution is 2.32. The Morgan fingerprint density at radius 2 is 1.82 bits per heavy atom. The fourth-order valence-electron chi connectivity index (χ4n) is 0.852. The molecule has 0 bridgehead atoms. The van der Waals surface area contributed by atoms with E-state index in [4.69, 9.17) is 0 Å². The van der Waals surface area contributed by atoms with Crippen LogP contribution in [-0.2, 0) is 11.0 Å². The van der Waals surface area contributed by atoms with Gasteiger partial charge < -0.3 is 4.52 Å². The molecule has 4 nitrogen and oxygen atoms in total. The summed E-state index contributed by atoms with van der Waals surface area (Å²) in [5, 5.41) is 2.73. The number of hydrogen-bond donors (Lipinski definition) is 0. The number of anilines is 1. The number of carbonyl (C=O) groups is 1. The van der Waals surface area contributed by atoms with Crippen molar-refractivity contribution in [3.63, 3.8) is 0 Å². The molecular formula is C7H4F6N2O2. The molecule has 96 valence electrons. The average Bonchev–Trinajstić information content (AvgIpc) is 2.61. The second-order valence-electron chi connectivity index (χ2n) is 2.91. The maximum absolute atomic E-state index is 12.0. The summed E-state index contributed by atoms with van der Waals surface area (Å²) in [7, 11) is 0.633. The fourth-order valence-corrected chi connectivity index (χ4v) is 0.852. The zero-order valence-electron chi connectivity index (χ0n) is 8.06. The van der Waals surface area contributed by atoms with Crippen LogP contribution >= 0.6 is 0 Å². The molecule has 10 heteroatoms. The molecule has 0 unspecified atom stereocenters. The molecule has 1 aromatic heterocycles. The van der Waals surface area contributed by atoms with Crippen LogP contribution < -0.4 is 4.90 Å². The van der Waals surface area contributed by atoms with Crippen LogP contribution in [0.25, 0.3) is 0 Å².